The molecule has 0 saturated carbocycles. The molecule has 0 saturated heterocycles. The number of rotatable bonds is 2. The van der Waals surface area contributed by atoms with Crippen LogP contribution < -0.4 is 0 Å². The highest BCUT2D eigenvalue weighted by atomic mass is 32.2. The Balaban J connectivity index is 2.55. The largest absolute Gasteiger partial charge is 0.313 e. The monoisotopic (exact) mass is 264 g/mol. The first-order valence-electron chi connectivity index (χ1n) is 4.83. The van der Waals surface area contributed by atoms with Gasteiger partial charge < -0.3 is 0 Å². The third-order valence-corrected chi connectivity index (χ3v) is 3.46. The Kier molecular flexibility index (Phi) is 2.93. The summed E-state index contributed by atoms with van der Waals surface area (Å²) in [5, 5.41) is 0. The van der Waals surface area contributed by atoms with E-state index in [1.54, 1.807) is 6.92 Å². The molecular weight excluding hydrogens is 256 g/mol. The van der Waals surface area contributed by atoms with Gasteiger partial charge in [-0.25, -0.2) is 0 Å². The summed E-state index contributed by atoms with van der Waals surface area (Å²) in [6.07, 6.45) is -0.690. The maximum atomic E-state index is 13.3. The maximum Gasteiger partial charge on any atom is 0.313 e. The molecule has 0 radical (unpaired) electrons. The molecule has 1 aromatic carbocycles. The summed E-state index contributed by atoms with van der Waals surface area (Å²) in [5.74, 6) is -7.55. The van der Waals surface area contributed by atoms with Gasteiger partial charge in [0.2, 0.25) is 5.78 Å². The topological polar surface area (TPSA) is 17.1 Å². The molecule has 1 aromatic rings. The Morgan fingerprint density at radius 1 is 1.35 bits per heavy atom. The molecular formula is C11H8F4OS. The lowest BCUT2D eigenvalue weighted by Crippen LogP contribution is -2.24. The Hall–Kier alpha value is -1.04. The molecule has 0 amide bonds. The highest BCUT2D eigenvalue weighted by Gasteiger charge is 2.48. The second-order valence-corrected chi connectivity index (χ2v) is 4.85. The van der Waals surface area contributed by atoms with Crippen molar-refractivity contribution in [1.82, 2.24) is 0 Å². The van der Waals surface area contributed by atoms with E-state index >= 15 is 0 Å². The summed E-state index contributed by atoms with van der Waals surface area (Å²) in [4.78, 5) is 11.4. The lowest BCUT2D eigenvalue weighted by molar-refractivity contribution is 0.0166. The average Bonchev–Trinajstić information content (AvgIpc) is 2.44. The number of aryl methyl sites for hydroxylation is 1. The highest BCUT2D eigenvalue weighted by Crippen LogP contribution is 2.42. The summed E-state index contributed by atoms with van der Waals surface area (Å²) in [7, 11) is 0. The fourth-order valence-electron chi connectivity index (χ4n) is 1.89. The molecule has 0 fully saturated rings. The Morgan fingerprint density at radius 3 is 2.59 bits per heavy atom. The van der Waals surface area contributed by atoms with Crippen LogP contribution in [0.15, 0.2) is 17.0 Å². The summed E-state index contributed by atoms with van der Waals surface area (Å²) in [6.45, 7) is 1.59. The number of ketones is 1. The van der Waals surface area contributed by atoms with Crippen LogP contribution in [0.5, 0.6) is 0 Å². The molecule has 0 atom stereocenters. The number of hydrogen-bond donors (Lipinski definition) is 0. The van der Waals surface area contributed by atoms with Crippen LogP contribution in [0.25, 0.3) is 0 Å². The van der Waals surface area contributed by atoms with Crippen LogP contribution in [0.2, 0.25) is 0 Å². The minimum atomic E-state index is -3.47. The van der Waals surface area contributed by atoms with E-state index in [9.17, 15) is 22.4 Å². The second-order valence-electron chi connectivity index (χ2n) is 3.82. The van der Waals surface area contributed by atoms with Gasteiger partial charge in [-0.15, -0.1) is 0 Å². The van der Waals surface area contributed by atoms with E-state index in [0.717, 1.165) is 0 Å². The summed E-state index contributed by atoms with van der Waals surface area (Å²) in [6, 6.07) is 2.78. The van der Waals surface area contributed by atoms with Crippen LogP contribution in [-0.4, -0.2) is 17.5 Å². The maximum absolute atomic E-state index is 13.3. The summed E-state index contributed by atoms with van der Waals surface area (Å²) in [5.41, 5.74) is 0.482. The molecule has 6 heteroatoms. The molecule has 1 aliphatic carbocycles. The van der Waals surface area contributed by atoms with Crippen molar-refractivity contribution in [3.8, 4) is 0 Å². The molecule has 0 spiro atoms. The highest BCUT2D eigenvalue weighted by molar-refractivity contribution is 7.99. The molecule has 17 heavy (non-hydrogen) atoms. The molecule has 0 unspecified atom stereocenters. The van der Waals surface area contributed by atoms with Crippen LogP contribution in [0.1, 0.15) is 21.5 Å². The first-order valence-corrected chi connectivity index (χ1v) is 5.71. The molecule has 0 heterocycles. The van der Waals surface area contributed by atoms with Crippen LogP contribution in [-0.2, 0) is 6.42 Å². The number of fused-ring (bicyclic) bond motifs is 1. The van der Waals surface area contributed by atoms with Crippen molar-refractivity contribution in [1.29, 1.82) is 0 Å². The number of hydrogen-bond acceptors (Lipinski definition) is 2. The lowest BCUT2D eigenvalue weighted by atomic mass is 10.0. The zero-order valence-corrected chi connectivity index (χ0v) is 9.58. The predicted octanol–water partition coefficient (Wildman–Crippen LogP) is 3.68. The summed E-state index contributed by atoms with van der Waals surface area (Å²) >= 11 is 0.129. The van der Waals surface area contributed by atoms with Crippen molar-refractivity contribution >= 4 is 17.5 Å². The van der Waals surface area contributed by atoms with Gasteiger partial charge in [0.05, 0.1) is 0 Å². The van der Waals surface area contributed by atoms with Gasteiger partial charge in [-0.1, -0.05) is 17.8 Å². The van der Waals surface area contributed by atoms with Crippen molar-refractivity contribution < 1.29 is 22.4 Å². The van der Waals surface area contributed by atoms with Gasteiger partial charge in [0.1, 0.15) is 0 Å². The van der Waals surface area contributed by atoms with Gasteiger partial charge in [-0.05, 0) is 24.1 Å². The molecule has 0 N–H and O–H groups in total. The molecule has 2 rings (SSSR count). The molecule has 0 bridgehead atoms. The summed E-state index contributed by atoms with van der Waals surface area (Å²) < 4.78 is 51.1. The van der Waals surface area contributed by atoms with Gasteiger partial charge in [0.25, 0.3) is 5.76 Å². The minimum absolute atomic E-state index is 0.0669. The number of alkyl halides is 4. The van der Waals surface area contributed by atoms with E-state index in [-0.39, 0.29) is 27.8 Å². The van der Waals surface area contributed by atoms with Crippen molar-refractivity contribution in [2.24, 2.45) is 0 Å². The molecule has 1 aliphatic rings. The molecule has 0 aliphatic heterocycles. The Morgan fingerprint density at radius 2 is 2.00 bits per heavy atom. The number of halogens is 4. The molecule has 1 nitrogen and oxygen atoms in total. The van der Waals surface area contributed by atoms with Gasteiger partial charge >= 0.3 is 5.92 Å². The zero-order chi connectivity index (χ0) is 12.8. The fourth-order valence-corrected chi connectivity index (χ4v) is 2.56. The fraction of sp³-hybridized carbons (Fsp3) is 0.364. The number of benzene rings is 1. The standard InChI is InChI=1S/C11H8F4OS/c1-5-2-3-7(17-10(12)13)8-6(5)4-11(14,15)9(8)16/h2-3,10H,4H2,1H3. The van der Waals surface area contributed by atoms with E-state index in [2.05, 4.69) is 0 Å². The van der Waals surface area contributed by atoms with Crippen molar-refractivity contribution in [2.45, 2.75) is 29.9 Å². The van der Waals surface area contributed by atoms with Crippen LogP contribution in [0.3, 0.4) is 0 Å². The number of carbonyl (C=O) groups excluding carboxylic acids is 1. The van der Waals surface area contributed by atoms with Crippen molar-refractivity contribution in [2.75, 3.05) is 0 Å². The van der Waals surface area contributed by atoms with Crippen molar-refractivity contribution in [3.05, 3.63) is 28.8 Å². The van der Waals surface area contributed by atoms with Gasteiger partial charge in [-0.2, -0.15) is 17.6 Å². The second kappa shape index (κ2) is 4.01. The van der Waals surface area contributed by atoms with Crippen LogP contribution >= 0.6 is 11.8 Å². The first kappa shape index (κ1) is 12.4. The zero-order valence-electron chi connectivity index (χ0n) is 8.77. The van der Waals surface area contributed by atoms with Crippen molar-refractivity contribution in [3.63, 3.8) is 0 Å². The third-order valence-electron chi connectivity index (χ3n) is 2.68. The molecule has 0 aromatic heterocycles. The smallest absolute Gasteiger partial charge is 0.287 e. The lowest BCUT2D eigenvalue weighted by Gasteiger charge is -2.08. The van der Waals surface area contributed by atoms with E-state index in [1.807, 2.05) is 0 Å². The minimum Gasteiger partial charge on any atom is -0.287 e. The van der Waals surface area contributed by atoms with E-state index in [4.69, 9.17) is 0 Å². The number of Topliss-reactive ketones (excluding diaryl/α,β-unsaturated/α-hetero) is 1. The average molecular weight is 264 g/mol. The third kappa shape index (κ3) is 2.06. The Labute approximate surface area is 99.2 Å². The van der Waals surface area contributed by atoms with Gasteiger partial charge in [0.15, 0.2) is 0 Å². The van der Waals surface area contributed by atoms with Crippen LogP contribution in [0, 0.1) is 6.92 Å². The Bertz CT molecular complexity index is 485. The van der Waals surface area contributed by atoms with Gasteiger partial charge in [-0.3, -0.25) is 4.79 Å². The quantitative estimate of drug-likeness (QED) is 0.598. The number of carbonyl (C=O) groups is 1. The van der Waals surface area contributed by atoms with E-state index in [0.29, 0.717) is 5.56 Å². The van der Waals surface area contributed by atoms with Crippen LogP contribution in [0.4, 0.5) is 17.6 Å². The van der Waals surface area contributed by atoms with Gasteiger partial charge in [0, 0.05) is 16.9 Å². The van der Waals surface area contributed by atoms with E-state index < -0.39 is 23.9 Å². The normalized spacial score (nSPS) is 17.6. The predicted molar refractivity (Wildman–Crippen MR) is 56.0 cm³/mol. The number of thioether (sulfide) groups is 1. The molecule has 92 valence electrons. The first-order chi connectivity index (χ1) is 7.83. The SMILES string of the molecule is Cc1ccc(SC(F)F)c2c1CC(F)(F)C2=O. The van der Waals surface area contributed by atoms with E-state index in [1.165, 1.54) is 12.1 Å².